The molecule has 6 nitrogen and oxygen atoms in total. The number of benzene rings is 1. The maximum absolute atomic E-state index is 12.2. The number of hydrogen-bond acceptors (Lipinski definition) is 5. The van der Waals surface area contributed by atoms with Gasteiger partial charge in [0, 0.05) is 11.6 Å². The van der Waals surface area contributed by atoms with Gasteiger partial charge >= 0.3 is 5.63 Å². The Kier molecular flexibility index (Phi) is 4.56. The van der Waals surface area contributed by atoms with Crippen LogP contribution in [-0.4, -0.2) is 23.5 Å². The quantitative estimate of drug-likeness (QED) is 0.729. The summed E-state index contributed by atoms with van der Waals surface area (Å²) in [7, 11) is 0. The Morgan fingerprint density at radius 3 is 2.92 bits per heavy atom. The first-order valence-electron chi connectivity index (χ1n) is 7.51. The maximum atomic E-state index is 12.2. The highest BCUT2D eigenvalue weighted by Crippen LogP contribution is 2.12. The highest BCUT2D eigenvalue weighted by atomic mass is 16.5. The Morgan fingerprint density at radius 1 is 1.29 bits per heavy atom. The first-order valence-corrected chi connectivity index (χ1v) is 7.51. The van der Waals surface area contributed by atoms with Crippen molar-refractivity contribution < 1.29 is 13.9 Å². The van der Waals surface area contributed by atoms with Gasteiger partial charge in [-0.2, -0.15) is 0 Å². The fraction of sp³-hybridized carbons (Fsp3) is 0.167. The summed E-state index contributed by atoms with van der Waals surface area (Å²) in [4.78, 5) is 28.1. The van der Waals surface area contributed by atoms with Crippen LogP contribution in [0.1, 0.15) is 17.3 Å². The van der Waals surface area contributed by atoms with E-state index >= 15 is 0 Å². The van der Waals surface area contributed by atoms with E-state index < -0.39 is 11.5 Å². The van der Waals surface area contributed by atoms with Crippen molar-refractivity contribution in [3.63, 3.8) is 0 Å². The van der Waals surface area contributed by atoms with Crippen LogP contribution < -0.4 is 15.7 Å². The molecule has 122 valence electrons. The largest absolute Gasteiger partial charge is 0.487 e. The summed E-state index contributed by atoms with van der Waals surface area (Å²) >= 11 is 0. The number of rotatable bonds is 5. The van der Waals surface area contributed by atoms with Crippen molar-refractivity contribution in [3.05, 3.63) is 70.8 Å². The number of nitrogens with zero attached hydrogens (tertiary/aromatic N) is 1. The van der Waals surface area contributed by atoms with Gasteiger partial charge in [0.25, 0.3) is 5.91 Å². The summed E-state index contributed by atoms with van der Waals surface area (Å²) in [5.74, 6) is 0.126. The standard InChI is InChI=1S/C18H16N2O4/c1-12(23-14-6-4-8-19-11-14)10-20-17(21)15-9-13-5-2-3-7-16(13)24-18(15)22/h2-9,11-12H,10H2,1H3,(H,20,21). The zero-order chi connectivity index (χ0) is 16.9. The lowest BCUT2D eigenvalue weighted by Gasteiger charge is -2.15. The Morgan fingerprint density at radius 2 is 2.12 bits per heavy atom. The van der Waals surface area contributed by atoms with Crippen LogP contribution in [0.5, 0.6) is 5.75 Å². The molecule has 3 rings (SSSR count). The van der Waals surface area contributed by atoms with Crippen molar-refractivity contribution >= 4 is 16.9 Å². The first kappa shape index (κ1) is 15.7. The molecule has 24 heavy (non-hydrogen) atoms. The zero-order valence-corrected chi connectivity index (χ0v) is 13.1. The first-order chi connectivity index (χ1) is 11.6. The predicted octanol–water partition coefficient (Wildman–Crippen LogP) is 2.39. The molecular formula is C18H16N2O4. The average molecular weight is 324 g/mol. The van der Waals surface area contributed by atoms with E-state index in [1.807, 2.05) is 13.0 Å². The predicted molar refractivity (Wildman–Crippen MR) is 89.1 cm³/mol. The van der Waals surface area contributed by atoms with Gasteiger partial charge in [-0.1, -0.05) is 18.2 Å². The molecule has 1 unspecified atom stereocenters. The molecule has 0 fully saturated rings. The summed E-state index contributed by atoms with van der Waals surface area (Å²) in [6, 6.07) is 12.1. The highest BCUT2D eigenvalue weighted by Gasteiger charge is 2.14. The van der Waals surface area contributed by atoms with Gasteiger partial charge in [-0.15, -0.1) is 0 Å². The van der Waals surface area contributed by atoms with Crippen LogP contribution in [0.15, 0.2) is 64.1 Å². The zero-order valence-electron chi connectivity index (χ0n) is 13.1. The minimum atomic E-state index is -0.660. The second kappa shape index (κ2) is 6.95. The Balaban J connectivity index is 1.67. The third kappa shape index (κ3) is 3.60. The van der Waals surface area contributed by atoms with Crippen molar-refractivity contribution in [2.24, 2.45) is 0 Å². The van der Waals surface area contributed by atoms with Crippen LogP contribution in [0.4, 0.5) is 0 Å². The lowest BCUT2D eigenvalue weighted by Crippen LogP contribution is -2.35. The summed E-state index contributed by atoms with van der Waals surface area (Å²) in [5.41, 5.74) is -0.235. The molecule has 6 heteroatoms. The third-order valence-electron chi connectivity index (χ3n) is 3.41. The molecule has 0 saturated carbocycles. The van der Waals surface area contributed by atoms with Gasteiger partial charge in [0.2, 0.25) is 0 Å². The summed E-state index contributed by atoms with van der Waals surface area (Å²) in [5, 5.41) is 3.38. The van der Waals surface area contributed by atoms with Crippen molar-refractivity contribution in [1.29, 1.82) is 0 Å². The lowest BCUT2D eigenvalue weighted by atomic mass is 10.2. The Labute approximate surface area is 138 Å². The van der Waals surface area contributed by atoms with Crippen LogP contribution >= 0.6 is 0 Å². The molecule has 1 aromatic carbocycles. The Bertz CT molecular complexity index is 906. The molecule has 2 heterocycles. The molecule has 0 aliphatic carbocycles. The normalized spacial score (nSPS) is 11.9. The van der Waals surface area contributed by atoms with E-state index in [2.05, 4.69) is 10.3 Å². The number of para-hydroxylation sites is 1. The number of nitrogens with one attached hydrogen (secondary N) is 1. The molecular weight excluding hydrogens is 308 g/mol. The van der Waals surface area contributed by atoms with Gasteiger partial charge in [-0.05, 0) is 31.2 Å². The number of hydrogen-bond donors (Lipinski definition) is 1. The molecule has 1 N–H and O–H groups in total. The van der Waals surface area contributed by atoms with Gasteiger partial charge in [0.15, 0.2) is 0 Å². The van der Waals surface area contributed by atoms with E-state index in [0.717, 1.165) is 0 Å². The molecule has 2 aromatic heterocycles. The van der Waals surface area contributed by atoms with Crippen molar-refractivity contribution in [1.82, 2.24) is 10.3 Å². The molecule has 0 bridgehead atoms. The summed E-state index contributed by atoms with van der Waals surface area (Å²) in [6.45, 7) is 2.07. The molecule has 3 aromatic rings. The fourth-order valence-electron chi connectivity index (χ4n) is 2.24. The second-order valence-electron chi connectivity index (χ2n) is 5.31. The van der Waals surface area contributed by atoms with Gasteiger partial charge in [0.05, 0.1) is 12.7 Å². The number of carbonyl (C=O) groups excluding carboxylic acids is 1. The fourth-order valence-corrected chi connectivity index (χ4v) is 2.24. The lowest BCUT2D eigenvalue weighted by molar-refractivity contribution is 0.0928. The maximum Gasteiger partial charge on any atom is 0.349 e. The molecule has 0 spiro atoms. The van der Waals surface area contributed by atoms with E-state index in [4.69, 9.17) is 9.15 Å². The van der Waals surface area contributed by atoms with Crippen molar-refractivity contribution in [2.45, 2.75) is 13.0 Å². The van der Waals surface area contributed by atoms with Crippen LogP contribution in [-0.2, 0) is 0 Å². The number of amides is 1. The van der Waals surface area contributed by atoms with Gasteiger partial charge in [-0.3, -0.25) is 9.78 Å². The van der Waals surface area contributed by atoms with Crippen molar-refractivity contribution in [2.75, 3.05) is 6.54 Å². The highest BCUT2D eigenvalue weighted by molar-refractivity contribution is 5.96. The molecule has 1 amide bonds. The Hall–Kier alpha value is -3.15. The summed E-state index contributed by atoms with van der Waals surface area (Å²) < 4.78 is 10.8. The topological polar surface area (TPSA) is 81.4 Å². The SMILES string of the molecule is CC(CNC(=O)c1cc2ccccc2oc1=O)Oc1cccnc1. The molecule has 0 radical (unpaired) electrons. The number of ether oxygens (including phenoxy) is 1. The van der Waals surface area contributed by atoms with Crippen LogP contribution in [0.2, 0.25) is 0 Å². The van der Waals surface area contributed by atoms with E-state index in [9.17, 15) is 9.59 Å². The molecule has 0 aliphatic rings. The van der Waals surface area contributed by atoms with Gasteiger partial charge in [-0.25, -0.2) is 4.79 Å². The number of carbonyl (C=O) groups is 1. The van der Waals surface area contributed by atoms with E-state index in [1.165, 1.54) is 6.07 Å². The minimum Gasteiger partial charge on any atom is -0.487 e. The van der Waals surface area contributed by atoms with E-state index in [0.29, 0.717) is 16.7 Å². The van der Waals surface area contributed by atoms with Crippen molar-refractivity contribution in [3.8, 4) is 5.75 Å². The average Bonchev–Trinajstić information content (AvgIpc) is 2.60. The number of pyridine rings is 1. The summed E-state index contributed by atoms with van der Waals surface area (Å²) in [6.07, 6.45) is 2.97. The third-order valence-corrected chi connectivity index (χ3v) is 3.41. The van der Waals surface area contributed by atoms with Gasteiger partial charge in [0.1, 0.15) is 23.0 Å². The van der Waals surface area contributed by atoms with Crippen LogP contribution in [0, 0.1) is 0 Å². The van der Waals surface area contributed by atoms with Crippen LogP contribution in [0.25, 0.3) is 11.0 Å². The van der Waals surface area contributed by atoms with Gasteiger partial charge < -0.3 is 14.5 Å². The minimum absolute atomic E-state index is 0.0257. The molecule has 0 aliphatic heterocycles. The number of fused-ring (bicyclic) bond motifs is 1. The second-order valence-corrected chi connectivity index (χ2v) is 5.31. The molecule has 1 atom stereocenters. The molecule has 0 saturated heterocycles. The monoisotopic (exact) mass is 324 g/mol. The smallest absolute Gasteiger partial charge is 0.349 e. The van der Waals surface area contributed by atoms with E-state index in [1.54, 1.807) is 42.7 Å². The van der Waals surface area contributed by atoms with Crippen LogP contribution in [0.3, 0.4) is 0 Å². The van der Waals surface area contributed by atoms with E-state index in [-0.39, 0.29) is 18.2 Å². The number of aromatic nitrogens is 1.